The molecule has 0 unspecified atom stereocenters. The van der Waals surface area contributed by atoms with E-state index in [1.165, 1.54) is 5.56 Å². The van der Waals surface area contributed by atoms with Crippen LogP contribution in [0.1, 0.15) is 38.0 Å². The molecule has 20 heavy (non-hydrogen) atoms. The van der Waals surface area contributed by atoms with E-state index in [0.717, 1.165) is 6.42 Å². The summed E-state index contributed by atoms with van der Waals surface area (Å²) in [5.41, 5.74) is 1.05. The number of rotatable bonds is 5. The molecule has 1 atom stereocenters. The number of nitrogens with zero attached hydrogens (tertiary/aromatic N) is 2. The molecule has 2 aromatic rings. The van der Waals surface area contributed by atoms with Crippen LogP contribution in [0.25, 0.3) is 0 Å². The van der Waals surface area contributed by atoms with Gasteiger partial charge in [-0.1, -0.05) is 56.3 Å². The Kier molecular flexibility index (Phi) is 4.70. The smallest absolute Gasteiger partial charge is 0.239 e. The zero-order valence-corrected chi connectivity index (χ0v) is 12.9. The van der Waals surface area contributed by atoms with Crippen LogP contribution in [0.5, 0.6) is 0 Å². The fourth-order valence-corrected chi connectivity index (χ4v) is 2.70. The van der Waals surface area contributed by atoms with E-state index in [2.05, 4.69) is 10.1 Å². The summed E-state index contributed by atoms with van der Waals surface area (Å²) in [4.78, 5) is 4.31. The van der Waals surface area contributed by atoms with Crippen molar-refractivity contribution in [1.82, 2.24) is 10.1 Å². The third-order valence-corrected chi connectivity index (χ3v) is 4.11. The van der Waals surface area contributed by atoms with Crippen molar-refractivity contribution in [1.29, 1.82) is 0 Å². The molecule has 2 rings (SSSR count). The van der Waals surface area contributed by atoms with Crippen LogP contribution >= 0.6 is 0 Å². The van der Waals surface area contributed by atoms with Crippen molar-refractivity contribution >= 4 is 10.8 Å². The Hall–Kier alpha value is -1.49. The number of aromatic nitrogens is 2. The fourth-order valence-electron chi connectivity index (χ4n) is 1.70. The van der Waals surface area contributed by atoms with E-state index in [-0.39, 0.29) is 5.41 Å². The topological polar surface area (TPSA) is 56.0 Å². The van der Waals surface area contributed by atoms with Gasteiger partial charge in [-0.3, -0.25) is 4.21 Å². The molecule has 0 radical (unpaired) electrons. The molecule has 0 aliphatic carbocycles. The average Bonchev–Trinajstić information content (AvgIpc) is 2.86. The van der Waals surface area contributed by atoms with Gasteiger partial charge in [-0.2, -0.15) is 4.98 Å². The molecule has 5 heteroatoms. The highest BCUT2D eigenvalue weighted by Gasteiger charge is 2.21. The fraction of sp³-hybridized carbons (Fsp3) is 0.467. The quantitative estimate of drug-likeness (QED) is 0.850. The minimum Gasteiger partial charge on any atom is -0.338 e. The first-order chi connectivity index (χ1) is 9.45. The first-order valence-electron chi connectivity index (χ1n) is 6.67. The van der Waals surface area contributed by atoms with E-state index in [4.69, 9.17) is 4.52 Å². The van der Waals surface area contributed by atoms with Crippen molar-refractivity contribution in [3.8, 4) is 0 Å². The van der Waals surface area contributed by atoms with Gasteiger partial charge in [0.2, 0.25) is 5.89 Å². The van der Waals surface area contributed by atoms with Gasteiger partial charge in [0, 0.05) is 22.0 Å². The lowest BCUT2D eigenvalue weighted by Crippen LogP contribution is -2.13. The van der Waals surface area contributed by atoms with E-state index < -0.39 is 10.8 Å². The highest BCUT2D eigenvalue weighted by molar-refractivity contribution is 7.84. The monoisotopic (exact) mass is 292 g/mol. The van der Waals surface area contributed by atoms with Crippen LogP contribution < -0.4 is 0 Å². The van der Waals surface area contributed by atoms with Gasteiger partial charge in [-0.15, -0.1) is 0 Å². The molecule has 1 heterocycles. The van der Waals surface area contributed by atoms with Gasteiger partial charge in [0.1, 0.15) is 5.75 Å². The molecule has 0 aliphatic heterocycles. The molecule has 0 bridgehead atoms. The molecular formula is C15H20N2O2S. The van der Waals surface area contributed by atoms with Crippen molar-refractivity contribution < 1.29 is 8.73 Å². The highest BCUT2D eigenvalue weighted by Crippen LogP contribution is 2.18. The van der Waals surface area contributed by atoms with Gasteiger partial charge < -0.3 is 4.52 Å². The number of hydrogen-bond donors (Lipinski definition) is 0. The first-order valence-corrected chi connectivity index (χ1v) is 8.16. The van der Waals surface area contributed by atoms with Crippen LogP contribution in [0.15, 0.2) is 34.9 Å². The molecule has 0 saturated carbocycles. The Morgan fingerprint density at radius 1 is 1.20 bits per heavy atom. The zero-order chi connectivity index (χ0) is 14.6. The number of aryl methyl sites for hydroxylation is 1. The average molecular weight is 292 g/mol. The standard InChI is InChI=1S/C15H20N2O2S/c1-15(2,3)14-16-13(19-17-14)11-20(18)10-9-12-7-5-4-6-8-12/h4-8H,9-11H2,1-3H3/t20-/m1/s1. The number of hydrogen-bond acceptors (Lipinski definition) is 4. The summed E-state index contributed by atoms with van der Waals surface area (Å²) < 4.78 is 17.2. The summed E-state index contributed by atoms with van der Waals surface area (Å²) in [5, 5.41) is 3.94. The van der Waals surface area contributed by atoms with E-state index >= 15 is 0 Å². The summed E-state index contributed by atoms with van der Waals surface area (Å²) in [6.07, 6.45) is 0.799. The summed E-state index contributed by atoms with van der Waals surface area (Å²) in [7, 11) is -0.981. The van der Waals surface area contributed by atoms with Crippen LogP contribution in [-0.2, 0) is 28.4 Å². The molecule has 0 N–H and O–H groups in total. The summed E-state index contributed by atoms with van der Waals surface area (Å²) in [6.45, 7) is 6.07. The molecule has 4 nitrogen and oxygen atoms in total. The lowest BCUT2D eigenvalue weighted by Gasteiger charge is -2.10. The van der Waals surface area contributed by atoms with Gasteiger partial charge >= 0.3 is 0 Å². The summed E-state index contributed by atoms with van der Waals surface area (Å²) in [5.74, 6) is 2.06. The third-order valence-electron chi connectivity index (χ3n) is 2.88. The molecule has 0 fully saturated rings. The molecule has 1 aromatic carbocycles. The second-order valence-corrected chi connectivity index (χ2v) is 7.36. The largest absolute Gasteiger partial charge is 0.338 e. The van der Waals surface area contributed by atoms with Gasteiger partial charge in [0.25, 0.3) is 0 Å². The Labute approximate surface area is 122 Å². The minimum atomic E-state index is -0.981. The summed E-state index contributed by atoms with van der Waals surface area (Å²) >= 11 is 0. The second-order valence-electron chi connectivity index (χ2n) is 5.79. The molecule has 0 amide bonds. The lowest BCUT2D eigenvalue weighted by molar-refractivity contribution is 0.372. The van der Waals surface area contributed by atoms with E-state index in [1.807, 2.05) is 51.1 Å². The Morgan fingerprint density at radius 3 is 2.50 bits per heavy atom. The van der Waals surface area contributed by atoms with Crippen LogP contribution in [0.2, 0.25) is 0 Å². The molecular weight excluding hydrogens is 272 g/mol. The lowest BCUT2D eigenvalue weighted by atomic mass is 9.96. The predicted molar refractivity (Wildman–Crippen MR) is 79.9 cm³/mol. The maximum absolute atomic E-state index is 12.0. The maximum atomic E-state index is 12.0. The molecule has 0 spiro atoms. The van der Waals surface area contributed by atoms with Crippen molar-refractivity contribution in [3.63, 3.8) is 0 Å². The van der Waals surface area contributed by atoms with Crippen LogP contribution in [0.3, 0.4) is 0 Å². The molecule has 108 valence electrons. The Balaban J connectivity index is 1.87. The van der Waals surface area contributed by atoms with Gasteiger partial charge in [-0.25, -0.2) is 0 Å². The SMILES string of the molecule is CC(C)(C)c1noc(C[S@](=O)CCc2ccccc2)n1. The molecule has 1 aromatic heterocycles. The van der Waals surface area contributed by atoms with Crippen LogP contribution in [0.4, 0.5) is 0 Å². The third kappa shape index (κ3) is 4.27. The van der Waals surface area contributed by atoms with Crippen molar-refractivity contribution in [2.24, 2.45) is 0 Å². The molecule has 0 saturated heterocycles. The Morgan fingerprint density at radius 2 is 1.90 bits per heavy atom. The Bertz CT molecular complexity index is 573. The second kappa shape index (κ2) is 6.31. The van der Waals surface area contributed by atoms with Crippen LogP contribution in [0, 0.1) is 0 Å². The van der Waals surface area contributed by atoms with Gasteiger partial charge in [0.05, 0.1) is 0 Å². The highest BCUT2D eigenvalue weighted by atomic mass is 32.2. The van der Waals surface area contributed by atoms with Crippen LogP contribution in [-0.4, -0.2) is 20.1 Å². The minimum absolute atomic E-state index is 0.146. The normalized spacial score (nSPS) is 13.3. The summed E-state index contributed by atoms with van der Waals surface area (Å²) in [6, 6.07) is 10.0. The van der Waals surface area contributed by atoms with Crippen molar-refractivity contribution in [2.75, 3.05) is 5.75 Å². The first kappa shape index (κ1) is 14.9. The molecule has 0 aliphatic rings. The van der Waals surface area contributed by atoms with E-state index in [9.17, 15) is 4.21 Å². The number of benzene rings is 1. The van der Waals surface area contributed by atoms with Crippen molar-refractivity contribution in [2.45, 2.75) is 38.4 Å². The zero-order valence-electron chi connectivity index (χ0n) is 12.1. The van der Waals surface area contributed by atoms with E-state index in [1.54, 1.807) is 0 Å². The van der Waals surface area contributed by atoms with E-state index in [0.29, 0.717) is 23.2 Å². The maximum Gasteiger partial charge on any atom is 0.239 e. The van der Waals surface area contributed by atoms with Gasteiger partial charge in [-0.05, 0) is 12.0 Å². The van der Waals surface area contributed by atoms with Gasteiger partial charge in [0.15, 0.2) is 5.82 Å². The predicted octanol–water partition coefficient (Wildman–Crippen LogP) is 2.86. The van der Waals surface area contributed by atoms with Crippen molar-refractivity contribution in [3.05, 3.63) is 47.6 Å².